The molecule has 0 spiro atoms. The van der Waals surface area contributed by atoms with E-state index in [-0.39, 0.29) is 47.7 Å². The van der Waals surface area contributed by atoms with Crippen LogP contribution < -0.4 is 30.7 Å². The van der Waals surface area contributed by atoms with Crippen LogP contribution in [0.4, 0.5) is 11.6 Å². The average Bonchev–Trinajstić information content (AvgIpc) is 4.30. The van der Waals surface area contributed by atoms with E-state index in [2.05, 4.69) is 40.0 Å². The first-order chi connectivity index (χ1) is 39.3. The number of ether oxygens (including phenoxy) is 6. The third-order valence-electron chi connectivity index (χ3n) is 12.5. The molecule has 8 rings (SSSR count). The molecule has 4 aromatic heterocycles. The molecule has 440 valence electrons. The zero-order valence-electron chi connectivity index (χ0n) is 44.6. The molecule has 0 saturated carbocycles. The number of nitrogens with two attached hydrogens (primary N) is 2. The number of rotatable bonds is 26. The molecule has 10 N–H and O–H groups in total. The number of carbonyl (C=O) groups is 2. The molecule has 2 aliphatic heterocycles. The maximum absolute atomic E-state index is 13.9. The summed E-state index contributed by atoms with van der Waals surface area (Å²) in [7, 11) is -5.78. The zero-order valence-corrected chi connectivity index (χ0v) is 46.4. The highest BCUT2D eigenvalue weighted by Crippen LogP contribution is 2.51. The summed E-state index contributed by atoms with van der Waals surface area (Å²) in [6.07, 6.45) is -5.88. The van der Waals surface area contributed by atoms with Gasteiger partial charge in [-0.2, -0.15) is 20.4 Å². The van der Waals surface area contributed by atoms with Crippen molar-refractivity contribution in [3.05, 3.63) is 132 Å². The Morgan fingerprint density at radius 1 is 0.646 bits per heavy atom. The van der Waals surface area contributed by atoms with Crippen LogP contribution in [0.3, 0.4) is 0 Å². The molecule has 2 saturated heterocycles. The predicted octanol–water partition coefficient (Wildman–Crippen LogP) is 2.96. The van der Waals surface area contributed by atoms with Crippen LogP contribution in [0.2, 0.25) is 0 Å². The van der Waals surface area contributed by atoms with E-state index in [0.717, 1.165) is 0 Å². The molecular formula is C50H62N12O18P2. The van der Waals surface area contributed by atoms with E-state index in [0.29, 0.717) is 37.1 Å². The molecule has 6 aromatic rings. The second-order valence-electron chi connectivity index (χ2n) is 18.3. The second kappa shape index (κ2) is 27.7. The van der Waals surface area contributed by atoms with Crippen molar-refractivity contribution >= 4 is 50.1 Å². The minimum atomic E-state index is -4.41. The van der Waals surface area contributed by atoms with Gasteiger partial charge in [0.2, 0.25) is 0 Å². The van der Waals surface area contributed by atoms with Gasteiger partial charge in [0.15, 0.2) is 37.1 Å². The topological polar surface area (TPSA) is 387 Å². The third kappa shape index (κ3) is 14.5. The summed E-state index contributed by atoms with van der Waals surface area (Å²) in [6.45, 7) is 17.7. The van der Waals surface area contributed by atoms with E-state index >= 15 is 0 Å². The number of esters is 2. The van der Waals surface area contributed by atoms with E-state index in [4.69, 9.17) is 71.1 Å². The molecular weight excluding hydrogens is 1120 g/mol. The molecule has 6 heterocycles. The summed E-state index contributed by atoms with van der Waals surface area (Å²) in [6, 6.07) is 20.1. The van der Waals surface area contributed by atoms with Crippen molar-refractivity contribution in [1.29, 1.82) is 0 Å². The van der Waals surface area contributed by atoms with E-state index in [1.54, 1.807) is 60.7 Å². The summed E-state index contributed by atoms with van der Waals surface area (Å²) in [4.78, 5) is 39.6. The van der Waals surface area contributed by atoms with Gasteiger partial charge >= 0.3 is 38.9 Å². The number of aliphatic hydroxyl groups is 4. The monoisotopic (exact) mass is 1180 g/mol. The molecule has 0 bridgehead atoms. The van der Waals surface area contributed by atoms with Crippen LogP contribution in [-0.2, 0) is 56.2 Å². The maximum Gasteiger partial charge on any atom is 0.459 e. The number of nitrogens with one attached hydrogen (secondary N) is 2. The number of aromatic nitrogens is 6. The minimum Gasteiger partial charge on any atom is -0.464 e. The lowest BCUT2D eigenvalue weighted by molar-refractivity contribution is -0.146. The van der Waals surface area contributed by atoms with Gasteiger partial charge in [0, 0.05) is 40.3 Å². The Labute approximate surface area is 469 Å². The number of hydrogen-bond acceptors (Lipinski definition) is 24. The Balaban J connectivity index is 0.000000236. The highest BCUT2D eigenvalue weighted by Gasteiger charge is 2.64. The molecule has 0 radical (unpaired) electrons. The Morgan fingerprint density at radius 3 is 1.38 bits per heavy atom. The number of nitrogens with zero attached hydrogens (tertiary/aromatic N) is 8. The Bertz CT molecular complexity index is 3080. The van der Waals surface area contributed by atoms with Crippen molar-refractivity contribution in [2.75, 3.05) is 65.3 Å². The van der Waals surface area contributed by atoms with Crippen LogP contribution in [0.15, 0.2) is 97.6 Å². The van der Waals surface area contributed by atoms with Crippen LogP contribution in [-0.4, -0.2) is 163 Å². The molecule has 30 nitrogen and oxygen atoms in total. The van der Waals surface area contributed by atoms with Gasteiger partial charge in [-0.05, 0) is 62.4 Å². The molecule has 12 atom stereocenters. The van der Waals surface area contributed by atoms with Crippen molar-refractivity contribution in [2.24, 2.45) is 0 Å². The number of benzene rings is 2. The zero-order chi connectivity index (χ0) is 59.2. The number of para-hydroxylation sites is 2. The molecule has 0 aliphatic carbocycles. The standard InChI is InChI=1S/2C25H31N6O9P/c2*1-16(24(34)37-13-7-12-36-3)30-41(35,40-17-8-5-4-6-9-17)38-14-25(27-2)22(33)20(32)21(39-25)18-10-11-19-23(26)28-15-29-31(18)19/h2*4-6,8-11,15-16,20-22,32-33H,7,12-14H2,1,3H3,(H,30,35)(H2,26,28,29)/t16-,20-,21-,22-,25+,41+;16-,20-,21-,22-,25+,41-/m00/s1. The minimum absolute atomic E-state index is 0.0779. The van der Waals surface area contributed by atoms with Gasteiger partial charge in [-0.3, -0.25) is 37.8 Å². The van der Waals surface area contributed by atoms with Crippen LogP contribution in [0.25, 0.3) is 20.7 Å². The van der Waals surface area contributed by atoms with Crippen LogP contribution in [0.1, 0.15) is 50.3 Å². The van der Waals surface area contributed by atoms with Crippen LogP contribution in [0, 0.1) is 13.1 Å². The van der Waals surface area contributed by atoms with Crippen molar-refractivity contribution in [2.45, 2.75) is 86.8 Å². The lowest BCUT2D eigenvalue weighted by Gasteiger charge is -2.25. The number of fused-ring (bicyclic) bond motifs is 2. The number of carbonyl (C=O) groups excluding carboxylic acids is 2. The van der Waals surface area contributed by atoms with Crippen molar-refractivity contribution in [3.8, 4) is 11.5 Å². The van der Waals surface area contributed by atoms with Gasteiger partial charge in [0.25, 0.3) is 0 Å². The highest BCUT2D eigenvalue weighted by atomic mass is 31.2. The molecule has 32 heteroatoms. The Kier molecular flexibility index (Phi) is 21.1. The summed E-state index contributed by atoms with van der Waals surface area (Å²) in [5.41, 5.74) is 8.81. The number of methoxy groups -OCH3 is 2. The fraction of sp³-hybridized carbons (Fsp3) is 0.440. The SMILES string of the molecule is [C-]#[N+][C@]1(CO[P@@](=O)(N[C@@H](C)C(=O)OCCCOC)Oc2ccccc2)O[C@@H](c2ccc3c(N)ncnn23)[C@H](O)[C@@H]1O.[C-]#[N+][C@]1(CO[P@](=O)(N[C@@H](C)C(=O)OCCCOC)Oc2ccccc2)O[C@@H](c2ccc3c(N)ncnn23)[C@H](O)[C@@H]1O. The largest absolute Gasteiger partial charge is 0.464 e. The van der Waals surface area contributed by atoms with Crippen LogP contribution >= 0.6 is 15.5 Å². The van der Waals surface area contributed by atoms with Crippen LogP contribution in [0.5, 0.6) is 11.5 Å². The molecule has 2 aromatic carbocycles. The van der Waals surface area contributed by atoms with E-state index in [9.17, 15) is 39.1 Å². The third-order valence-corrected chi connectivity index (χ3v) is 15.8. The lowest BCUT2D eigenvalue weighted by atomic mass is 10.0. The van der Waals surface area contributed by atoms with E-state index < -0.39 is 101 Å². The maximum atomic E-state index is 13.9. The average molecular weight is 1180 g/mol. The van der Waals surface area contributed by atoms with Gasteiger partial charge in [0.1, 0.15) is 71.7 Å². The Morgan fingerprint density at radius 2 is 1.02 bits per heavy atom. The quantitative estimate of drug-likeness (QED) is 0.0167. The van der Waals surface area contributed by atoms with Gasteiger partial charge in [-0.25, -0.2) is 41.3 Å². The number of aliphatic hydroxyl groups excluding tert-OH is 4. The summed E-state index contributed by atoms with van der Waals surface area (Å²) < 4.78 is 84.9. The molecule has 0 unspecified atom stereocenters. The summed E-state index contributed by atoms with van der Waals surface area (Å²) in [5, 5.41) is 56.9. The first kappa shape index (κ1) is 62.4. The van der Waals surface area contributed by atoms with Gasteiger partial charge < -0.3 is 59.9 Å². The fourth-order valence-corrected chi connectivity index (χ4v) is 11.3. The van der Waals surface area contributed by atoms with E-state index in [1.807, 2.05) is 0 Å². The lowest BCUT2D eigenvalue weighted by Crippen LogP contribution is -2.45. The molecule has 2 aliphatic rings. The van der Waals surface area contributed by atoms with Gasteiger partial charge in [-0.15, -0.1) is 0 Å². The number of anilines is 2. The summed E-state index contributed by atoms with van der Waals surface area (Å²) >= 11 is 0. The van der Waals surface area contributed by atoms with Crippen molar-refractivity contribution in [3.63, 3.8) is 0 Å². The Hall–Kier alpha value is -7.22. The smallest absolute Gasteiger partial charge is 0.459 e. The molecule has 82 heavy (non-hydrogen) atoms. The number of nitrogen functional groups attached to an aromatic ring is 2. The fourth-order valence-electron chi connectivity index (χ4n) is 8.28. The predicted molar refractivity (Wildman–Crippen MR) is 287 cm³/mol. The van der Waals surface area contributed by atoms with Crippen molar-refractivity contribution in [1.82, 2.24) is 39.4 Å². The van der Waals surface area contributed by atoms with Gasteiger partial charge in [-0.1, -0.05) is 36.4 Å². The highest BCUT2D eigenvalue weighted by molar-refractivity contribution is 7.52. The first-order valence-electron chi connectivity index (χ1n) is 25.1. The normalized spacial score (nSPS) is 24.4. The summed E-state index contributed by atoms with van der Waals surface area (Å²) in [5.74, 6) is -0.816. The molecule has 0 amide bonds. The second-order valence-corrected chi connectivity index (χ2v) is 21.7. The number of hydrogen-bond donors (Lipinski definition) is 8. The first-order valence-corrected chi connectivity index (χ1v) is 28.2. The van der Waals surface area contributed by atoms with E-state index in [1.165, 1.54) is 74.0 Å². The van der Waals surface area contributed by atoms with Crippen molar-refractivity contribution < 1.29 is 85.7 Å². The van der Waals surface area contributed by atoms with Gasteiger partial charge in [0.05, 0.1) is 24.6 Å². The molecule has 2 fully saturated rings.